The molecule has 1 saturated heterocycles. The number of carbonyl (C=O) groups excluding carboxylic acids is 1. The monoisotopic (exact) mass is 407 g/mol. The third kappa shape index (κ3) is 5.17. The lowest BCUT2D eigenvalue weighted by Gasteiger charge is -2.33. The van der Waals surface area contributed by atoms with Crippen LogP contribution in [0.2, 0.25) is 0 Å². The number of aromatic nitrogens is 2. The SMILES string of the molecule is COC(=O)N1CCN(Cc2nsc(NCC(C)(C)c3ccc(F)cc3)n2)CC1. The van der Waals surface area contributed by atoms with Crippen molar-refractivity contribution in [3.8, 4) is 0 Å². The Morgan fingerprint density at radius 2 is 1.93 bits per heavy atom. The number of hydrogen-bond donors (Lipinski definition) is 1. The molecule has 1 aromatic carbocycles. The lowest BCUT2D eigenvalue weighted by Crippen LogP contribution is -2.48. The largest absolute Gasteiger partial charge is 0.453 e. The number of benzene rings is 1. The molecule has 1 aromatic heterocycles. The number of amides is 1. The number of hydrogen-bond acceptors (Lipinski definition) is 7. The molecule has 1 N–H and O–H groups in total. The van der Waals surface area contributed by atoms with Crippen molar-refractivity contribution in [1.82, 2.24) is 19.2 Å². The van der Waals surface area contributed by atoms with Gasteiger partial charge >= 0.3 is 6.09 Å². The molecule has 0 aliphatic carbocycles. The molecule has 2 heterocycles. The lowest BCUT2D eigenvalue weighted by atomic mass is 9.85. The Bertz CT molecular complexity index is 788. The zero-order valence-electron chi connectivity index (χ0n) is 16.4. The standard InChI is InChI=1S/C19H26FN5O2S/c1-19(2,14-4-6-15(20)7-5-14)13-21-17-22-16(23-28-17)12-24-8-10-25(11-9-24)18(26)27-3/h4-7H,8-13H2,1-3H3,(H,21,22,23). The maximum atomic E-state index is 13.1. The predicted molar refractivity (Wildman–Crippen MR) is 107 cm³/mol. The van der Waals surface area contributed by atoms with Crippen LogP contribution in [0.4, 0.5) is 14.3 Å². The minimum atomic E-state index is -0.276. The van der Waals surface area contributed by atoms with E-state index in [0.717, 1.165) is 29.6 Å². The molecule has 7 nitrogen and oxygen atoms in total. The van der Waals surface area contributed by atoms with Crippen molar-refractivity contribution < 1.29 is 13.9 Å². The van der Waals surface area contributed by atoms with Crippen LogP contribution in [0, 0.1) is 5.82 Å². The van der Waals surface area contributed by atoms with E-state index in [4.69, 9.17) is 4.74 Å². The first-order valence-corrected chi connectivity index (χ1v) is 10.0. The second-order valence-electron chi connectivity index (χ2n) is 7.49. The van der Waals surface area contributed by atoms with Gasteiger partial charge < -0.3 is 15.0 Å². The van der Waals surface area contributed by atoms with Crippen LogP contribution < -0.4 is 5.32 Å². The number of nitrogens with zero attached hydrogens (tertiary/aromatic N) is 4. The van der Waals surface area contributed by atoms with Crippen molar-refractivity contribution in [3.63, 3.8) is 0 Å². The highest BCUT2D eigenvalue weighted by Gasteiger charge is 2.23. The smallest absolute Gasteiger partial charge is 0.409 e. The summed E-state index contributed by atoms with van der Waals surface area (Å²) in [6.45, 7) is 8.39. The molecule has 152 valence electrons. The van der Waals surface area contributed by atoms with Gasteiger partial charge in [0.25, 0.3) is 0 Å². The van der Waals surface area contributed by atoms with E-state index in [1.165, 1.54) is 30.8 Å². The molecule has 0 radical (unpaired) electrons. The Morgan fingerprint density at radius 3 is 2.57 bits per heavy atom. The van der Waals surface area contributed by atoms with Crippen LogP contribution in [0.15, 0.2) is 24.3 Å². The summed E-state index contributed by atoms with van der Waals surface area (Å²) in [5.74, 6) is 0.548. The fourth-order valence-corrected chi connectivity index (χ4v) is 3.68. The summed E-state index contributed by atoms with van der Waals surface area (Å²) in [5.41, 5.74) is 0.902. The zero-order valence-corrected chi connectivity index (χ0v) is 17.3. The number of halogens is 1. The van der Waals surface area contributed by atoms with Crippen LogP contribution in [0.1, 0.15) is 25.2 Å². The maximum Gasteiger partial charge on any atom is 0.409 e. The second kappa shape index (κ2) is 8.83. The molecule has 1 aliphatic heterocycles. The van der Waals surface area contributed by atoms with E-state index in [1.54, 1.807) is 4.90 Å². The summed E-state index contributed by atoms with van der Waals surface area (Å²) in [7, 11) is 1.40. The molecule has 28 heavy (non-hydrogen) atoms. The van der Waals surface area contributed by atoms with Crippen molar-refractivity contribution in [2.24, 2.45) is 0 Å². The summed E-state index contributed by atoms with van der Waals surface area (Å²) in [4.78, 5) is 20.1. The van der Waals surface area contributed by atoms with Crippen molar-refractivity contribution in [3.05, 3.63) is 41.5 Å². The normalized spacial score (nSPS) is 15.5. The highest BCUT2D eigenvalue weighted by atomic mass is 32.1. The third-order valence-corrected chi connectivity index (χ3v) is 5.66. The molecule has 1 fully saturated rings. The van der Waals surface area contributed by atoms with Crippen LogP contribution >= 0.6 is 11.5 Å². The number of piperazine rings is 1. The molecule has 1 aliphatic rings. The highest BCUT2D eigenvalue weighted by Crippen LogP contribution is 2.24. The number of anilines is 1. The molecular formula is C19H26FN5O2S. The van der Waals surface area contributed by atoms with Gasteiger partial charge in [0.1, 0.15) is 5.82 Å². The Labute approximate surface area is 168 Å². The molecule has 0 atom stereocenters. The van der Waals surface area contributed by atoms with E-state index in [0.29, 0.717) is 26.2 Å². The molecule has 0 bridgehead atoms. The molecule has 0 spiro atoms. The van der Waals surface area contributed by atoms with Gasteiger partial charge in [-0.15, -0.1) is 0 Å². The summed E-state index contributed by atoms with van der Waals surface area (Å²) in [6.07, 6.45) is -0.276. The average Bonchev–Trinajstić information content (AvgIpc) is 3.14. The Morgan fingerprint density at radius 1 is 1.25 bits per heavy atom. The van der Waals surface area contributed by atoms with E-state index in [9.17, 15) is 9.18 Å². The van der Waals surface area contributed by atoms with Crippen LogP contribution in [0.5, 0.6) is 0 Å². The van der Waals surface area contributed by atoms with Gasteiger partial charge in [-0.3, -0.25) is 4.90 Å². The number of rotatable bonds is 6. The first-order chi connectivity index (χ1) is 13.4. The molecular weight excluding hydrogens is 381 g/mol. The van der Waals surface area contributed by atoms with Gasteiger partial charge in [0.05, 0.1) is 13.7 Å². The topological polar surface area (TPSA) is 70.6 Å². The van der Waals surface area contributed by atoms with Crippen molar-refractivity contribution in [2.75, 3.05) is 45.2 Å². The molecule has 3 rings (SSSR count). The van der Waals surface area contributed by atoms with Crippen molar-refractivity contribution in [1.29, 1.82) is 0 Å². The van der Waals surface area contributed by atoms with Gasteiger partial charge in [-0.1, -0.05) is 26.0 Å². The van der Waals surface area contributed by atoms with E-state index in [1.807, 2.05) is 12.1 Å². The summed E-state index contributed by atoms with van der Waals surface area (Å²) in [6, 6.07) is 6.60. The van der Waals surface area contributed by atoms with Crippen LogP contribution in [-0.4, -0.2) is 65.1 Å². The number of ether oxygens (including phenoxy) is 1. The molecule has 2 aromatic rings. The quantitative estimate of drug-likeness (QED) is 0.794. The van der Waals surface area contributed by atoms with E-state index < -0.39 is 0 Å². The highest BCUT2D eigenvalue weighted by molar-refractivity contribution is 7.09. The Kier molecular flexibility index (Phi) is 6.46. The number of nitrogens with one attached hydrogen (secondary N) is 1. The summed E-state index contributed by atoms with van der Waals surface area (Å²) >= 11 is 1.34. The van der Waals surface area contributed by atoms with E-state index >= 15 is 0 Å². The van der Waals surface area contributed by atoms with Crippen LogP contribution in [0.3, 0.4) is 0 Å². The van der Waals surface area contributed by atoms with Gasteiger partial charge in [0.2, 0.25) is 5.13 Å². The number of methoxy groups -OCH3 is 1. The molecule has 9 heteroatoms. The predicted octanol–water partition coefficient (Wildman–Crippen LogP) is 2.95. The Balaban J connectivity index is 1.49. The van der Waals surface area contributed by atoms with E-state index in [2.05, 4.69) is 33.4 Å². The fraction of sp³-hybridized carbons (Fsp3) is 0.526. The first-order valence-electron chi connectivity index (χ1n) is 9.25. The van der Waals surface area contributed by atoms with E-state index in [-0.39, 0.29) is 17.3 Å². The van der Waals surface area contributed by atoms with Gasteiger partial charge in [0.15, 0.2) is 5.82 Å². The summed E-state index contributed by atoms with van der Waals surface area (Å²) < 4.78 is 22.3. The third-order valence-electron chi connectivity index (χ3n) is 4.95. The Hall–Kier alpha value is -2.26. The maximum absolute atomic E-state index is 13.1. The first kappa shape index (κ1) is 20.5. The minimum absolute atomic E-state index is 0.163. The van der Waals surface area contributed by atoms with Gasteiger partial charge in [0, 0.05) is 49.7 Å². The zero-order chi connectivity index (χ0) is 20.1. The van der Waals surface area contributed by atoms with Gasteiger partial charge in [-0.25, -0.2) is 14.2 Å². The van der Waals surface area contributed by atoms with Gasteiger partial charge in [-0.2, -0.15) is 4.37 Å². The van der Waals surface area contributed by atoms with Gasteiger partial charge in [-0.05, 0) is 17.7 Å². The minimum Gasteiger partial charge on any atom is -0.453 e. The van der Waals surface area contributed by atoms with Crippen LogP contribution in [0.25, 0.3) is 0 Å². The van der Waals surface area contributed by atoms with Crippen LogP contribution in [-0.2, 0) is 16.7 Å². The fourth-order valence-electron chi connectivity index (χ4n) is 3.11. The summed E-state index contributed by atoms with van der Waals surface area (Å²) in [5, 5.41) is 4.12. The lowest BCUT2D eigenvalue weighted by molar-refractivity contribution is 0.0882. The number of carbonyl (C=O) groups is 1. The molecule has 1 amide bonds. The molecule has 0 saturated carbocycles. The molecule has 0 unspecified atom stereocenters. The second-order valence-corrected chi connectivity index (χ2v) is 8.25. The average molecular weight is 408 g/mol. The van der Waals surface area contributed by atoms with Crippen molar-refractivity contribution >= 4 is 22.8 Å². The van der Waals surface area contributed by atoms with Crippen molar-refractivity contribution in [2.45, 2.75) is 25.8 Å².